The van der Waals surface area contributed by atoms with Crippen LogP contribution in [0.1, 0.15) is 20.8 Å². The summed E-state index contributed by atoms with van der Waals surface area (Å²) in [4.78, 5) is 0. The molecule has 0 bridgehead atoms. The van der Waals surface area contributed by atoms with E-state index < -0.39 is 30.7 Å². The Bertz CT molecular complexity index is 545. The Morgan fingerprint density at radius 3 is 2.31 bits per heavy atom. The van der Waals surface area contributed by atoms with E-state index in [0.717, 1.165) is 0 Å². The monoisotopic (exact) mass is 371 g/mol. The molecule has 1 saturated heterocycles. The fourth-order valence-electron chi connectivity index (χ4n) is 2.51. The van der Waals surface area contributed by atoms with Crippen molar-refractivity contribution in [2.45, 2.75) is 57.0 Å². The van der Waals surface area contributed by atoms with Crippen molar-refractivity contribution in [1.29, 1.82) is 0 Å². The van der Waals surface area contributed by atoms with E-state index in [4.69, 9.17) is 14.2 Å². The van der Waals surface area contributed by atoms with Crippen molar-refractivity contribution in [1.82, 2.24) is 5.32 Å². The fourth-order valence-corrected chi connectivity index (χ4v) is 2.51. The van der Waals surface area contributed by atoms with Crippen molar-refractivity contribution in [3.63, 3.8) is 0 Å². The molecule has 5 atom stereocenters. The van der Waals surface area contributed by atoms with Crippen LogP contribution in [0.4, 0.5) is 0 Å². The second kappa shape index (κ2) is 8.98. The number of rotatable bonds is 7. The first kappa shape index (κ1) is 20.9. The lowest BCUT2D eigenvalue weighted by atomic mass is 9.99. The van der Waals surface area contributed by atoms with Gasteiger partial charge in [0.15, 0.2) is 6.29 Å². The third kappa shape index (κ3) is 6.08. The molecule has 1 aromatic carbocycles. The summed E-state index contributed by atoms with van der Waals surface area (Å²) < 4.78 is 16.6. The summed E-state index contributed by atoms with van der Waals surface area (Å²) in [6.07, 6.45) is -6.01. The van der Waals surface area contributed by atoms with E-state index in [1.807, 2.05) is 20.8 Å². The third-order valence-corrected chi connectivity index (χ3v) is 3.96. The molecule has 148 valence electrons. The summed E-state index contributed by atoms with van der Waals surface area (Å²) >= 11 is 0. The van der Waals surface area contributed by atoms with E-state index in [2.05, 4.69) is 5.32 Å². The summed E-state index contributed by atoms with van der Waals surface area (Å²) in [7, 11) is 0. The maximum atomic E-state index is 10.1. The van der Waals surface area contributed by atoms with Gasteiger partial charge in [-0.05, 0) is 45.0 Å². The van der Waals surface area contributed by atoms with Gasteiger partial charge in [0, 0.05) is 12.1 Å². The largest absolute Gasteiger partial charge is 0.508 e. The molecule has 8 nitrogen and oxygen atoms in total. The Hall–Kier alpha value is -1.42. The summed E-state index contributed by atoms with van der Waals surface area (Å²) in [6, 6.07) is 6.09. The zero-order valence-corrected chi connectivity index (χ0v) is 15.3. The molecule has 26 heavy (non-hydrogen) atoms. The topological polar surface area (TPSA) is 121 Å². The van der Waals surface area contributed by atoms with Gasteiger partial charge >= 0.3 is 0 Å². The van der Waals surface area contributed by atoms with Crippen LogP contribution in [0.2, 0.25) is 0 Å². The number of phenols is 1. The highest BCUT2D eigenvalue weighted by Crippen LogP contribution is 2.23. The number of phenolic OH excluding ortho intramolecular Hbond substituents is 1. The van der Waals surface area contributed by atoms with Gasteiger partial charge in [0.2, 0.25) is 0 Å². The van der Waals surface area contributed by atoms with Crippen LogP contribution in [0.3, 0.4) is 0 Å². The summed E-state index contributed by atoms with van der Waals surface area (Å²) in [5.41, 5.74) is -0.0639. The van der Waals surface area contributed by atoms with Crippen LogP contribution < -0.4 is 10.1 Å². The first-order chi connectivity index (χ1) is 12.2. The van der Waals surface area contributed by atoms with Gasteiger partial charge in [-0.25, -0.2) is 0 Å². The zero-order valence-electron chi connectivity index (χ0n) is 15.3. The Balaban J connectivity index is 1.87. The van der Waals surface area contributed by atoms with E-state index in [0.29, 0.717) is 12.3 Å². The highest BCUT2D eigenvalue weighted by atomic mass is 16.7. The van der Waals surface area contributed by atoms with E-state index in [1.54, 1.807) is 12.1 Å². The van der Waals surface area contributed by atoms with Gasteiger partial charge in [0.25, 0.3) is 0 Å². The molecule has 1 aliphatic heterocycles. The molecule has 2 rings (SSSR count). The lowest BCUT2D eigenvalue weighted by Gasteiger charge is -2.40. The Labute approximate surface area is 153 Å². The first-order valence-corrected chi connectivity index (χ1v) is 8.65. The number of aliphatic hydroxyl groups excluding tert-OH is 3. The van der Waals surface area contributed by atoms with Crippen molar-refractivity contribution < 1.29 is 34.6 Å². The van der Waals surface area contributed by atoms with Crippen LogP contribution in [-0.4, -0.2) is 76.4 Å². The molecule has 8 heteroatoms. The molecule has 0 aromatic heterocycles. The number of aliphatic hydroxyl groups is 3. The van der Waals surface area contributed by atoms with Crippen LogP contribution in [0.15, 0.2) is 24.3 Å². The molecule has 5 N–H and O–H groups in total. The molecular formula is C18H29NO7. The second-order valence-electron chi connectivity index (χ2n) is 7.37. The van der Waals surface area contributed by atoms with Gasteiger partial charge in [-0.15, -0.1) is 0 Å². The maximum Gasteiger partial charge on any atom is 0.186 e. The summed E-state index contributed by atoms with van der Waals surface area (Å²) in [6.45, 7) is 6.84. The van der Waals surface area contributed by atoms with Gasteiger partial charge in [0.1, 0.15) is 42.5 Å². The fraction of sp³-hybridized carbons (Fsp3) is 0.667. The van der Waals surface area contributed by atoms with Crippen molar-refractivity contribution >= 4 is 0 Å². The molecule has 0 saturated carbocycles. The van der Waals surface area contributed by atoms with Crippen LogP contribution in [0.25, 0.3) is 0 Å². The number of hydrogen-bond donors (Lipinski definition) is 5. The van der Waals surface area contributed by atoms with Crippen molar-refractivity contribution in [3.8, 4) is 11.5 Å². The lowest BCUT2D eigenvalue weighted by Crippen LogP contribution is -2.59. The second-order valence-corrected chi connectivity index (χ2v) is 7.37. The average molecular weight is 371 g/mol. The van der Waals surface area contributed by atoms with E-state index in [9.17, 15) is 20.4 Å². The van der Waals surface area contributed by atoms with E-state index >= 15 is 0 Å². The SMILES string of the molecule is CC(C)(C)NCCO[C@H]1OC(COc2ccc(O)cc2)[C@@H](O)C(O)[C@@H]1O. The standard InChI is InChI=1S/C18H29NO7/c1-18(2,3)19-8-9-24-17-16(23)15(22)14(21)13(26-17)10-25-12-6-4-11(20)5-7-12/h4-7,13-17,19-23H,8-10H2,1-3H3/t13?,14-,15?,16+,17+/m1/s1. The summed E-state index contributed by atoms with van der Waals surface area (Å²) in [5.74, 6) is 0.591. The number of nitrogens with one attached hydrogen (secondary N) is 1. The molecule has 1 fully saturated rings. The average Bonchev–Trinajstić information content (AvgIpc) is 2.58. The molecular weight excluding hydrogens is 342 g/mol. The molecule has 0 spiro atoms. The molecule has 0 amide bonds. The minimum absolute atomic E-state index is 0.0458. The highest BCUT2D eigenvalue weighted by Gasteiger charge is 2.44. The highest BCUT2D eigenvalue weighted by molar-refractivity contribution is 5.30. The Morgan fingerprint density at radius 1 is 1.04 bits per heavy atom. The van der Waals surface area contributed by atoms with Crippen LogP contribution in [0.5, 0.6) is 11.5 Å². The number of benzene rings is 1. The number of hydrogen-bond acceptors (Lipinski definition) is 8. The van der Waals surface area contributed by atoms with E-state index in [-0.39, 0.29) is 24.5 Å². The zero-order chi connectivity index (χ0) is 19.3. The van der Waals surface area contributed by atoms with Gasteiger partial charge in [-0.3, -0.25) is 0 Å². The Kier molecular flexibility index (Phi) is 7.22. The molecule has 0 aliphatic carbocycles. The maximum absolute atomic E-state index is 10.1. The smallest absolute Gasteiger partial charge is 0.186 e. The van der Waals surface area contributed by atoms with Gasteiger partial charge in [0.05, 0.1) is 6.61 Å². The third-order valence-electron chi connectivity index (χ3n) is 3.96. The minimum Gasteiger partial charge on any atom is -0.508 e. The molecule has 1 aliphatic rings. The molecule has 1 aromatic rings. The molecule has 0 radical (unpaired) electrons. The minimum atomic E-state index is -1.40. The van der Waals surface area contributed by atoms with Crippen LogP contribution >= 0.6 is 0 Å². The van der Waals surface area contributed by atoms with Gasteiger partial charge in [-0.1, -0.05) is 0 Å². The number of aromatic hydroxyl groups is 1. The Morgan fingerprint density at radius 2 is 1.69 bits per heavy atom. The first-order valence-electron chi connectivity index (χ1n) is 8.65. The normalized spacial score (nSPS) is 29.5. The predicted molar refractivity (Wildman–Crippen MR) is 94.0 cm³/mol. The predicted octanol–water partition coefficient (Wildman–Crippen LogP) is -0.0167. The quantitative estimate of drug-likeness (QED) is 0.424. The van der Waals surface area contributed by atoms with Crippen molar-refractivity contribution in [3.05, 3.63) is 24.3 Å². The summed E-state index contributed by atoms with van der Waals surface area (Å²) in [5, 5.41) is 42.7. The molecule has 2 unspecified atom stereocenters. The van der Waals surface area contributed by atoms with Crippen LogP contribution in [-0.2, 0) is 9.47 Å². The molecule has 1 heterocycles. The number of ether oxygens (including phenoxy) is 3. The van der Waals surface area contributed by atoms with Crippen LogP contribution in [0, 0.1) is 0 Å². The van der Waals surface area contributed by atoms with E-state index in [1.165, 1.54) is 12.1 Å². The van der Waals surface area contributed by atoms with Gasteiger partial charge < -0.3 is 40.0 Å². The lowest BCUT2D eigenvalue weighted by molar-refractivity contribution is -0.299. The van der Waals surface area contributed by atoms with Crippen molar-refractivity contribution in [2.75, 3.05) is 19.8 Å². The van der Waals surface area contributed by atoms with Gasteiger partial charge in [-0.2, -0.15) is 0 Å². The van der Waals surface area contributed by atoms with Crippen molar-refractivity contribution in [2.24, 2.45) is 0 Å².